The minimum absolute atomic E-state index is 0.164. The number of benzene rings is 2. The Morgan fingerprint density at radius 2 is 1.69 bits per heavy atom. The molecule has 0 spiro atoms. The van der Waals surface area contributed by atoms with Gasteiger partial charge in [0.15, 0.2) is 0 Å². The lowest BCUT2D eigenvalue weighted by molar-refractivity contribution is 0.0950. The van der Waals surface area contributed by atoms with Crippen molar-refractivity contribution >= 4 is 11.7 Å². The number of carbonyl (C=O) groups excluding carboxylic acids is 1. The van der Waals surface area contributed by atoms with Crippen molar-refractivity contribution in [2.24, 2.45) is 0 Å². The van der Waals surface area contributed by atoms with Gasteiger partial charge in [-0.2, -0.15) is 4.39 Å². The van der Waals surface area contributed by atoms with Crippen LogP contribution in [-0.4, -0.2) is 15.9 Å². The number of aryl methyl sites for hydroxylation is 2. The normalized spacial score (nSPS) is 12.1. The largest absolute Gasteiger partial charge is 0.384 e. The molecule has 0 atom stereocenters. The summed E-state index contributed by atoms with van der Waals surface area (Å²) in [7, 11) is 0. The molecule has 0 saturated heterocycles. The average molecular weight is 471 g/mol. The third-order valence-electron chi connectivity index (χ3n) is 6.57. The molecule has 0 saturated carbocycles. The van der Waals surface area contributed by atoms with Gasteiger partial charge >= 0.3 is 0 Å². The number of hydrogen-bond donors (Lipinski definition) is 2. The molecule has 1 aliphatic rings. The van der Waals surface area contributed by atoms with Crippen LogP contribution in [0.2, 0.25) is 0 Å². The molecule has 0 fully saturated rings. The van der Waals surface area contributed by atoms with E-state index in [1.165, 1.54) is 6.20 Å². The molecule has 5 nitrogen and oxygen atoms in total. The Kier molecular flexibility index (Phi) is 5.76. The minimum Gasteiger partial charge on any atom is -0.384 e. The fraction of sp³-hybridized carbons (Fsp3) is 0.179. The van der Waals surface area contributed by atoms with Gasteiger partial charge in [-0.3, -0.25) is 4.79 Å². The summed E-state index contributed by atoms with van der Waals surface area (Å²) in [5, 5.41) is 2.98. The molecule has 2 aromatic carbocycles. The molecule has 176 valence electrons. The monoisotopic (exact) mass is 470 g/mol. The van der Waals surface area contributed by atoms with Gasteiger partial charge in [-0.1, -0.05) is 24.3 Å². The summed E-state index contributed by atoms with van der Waals surface area (Å²) in [4.78, 5) is 20.8. The maximum Gasteiger partial charge on any atom is 0.251 e. The highest BCUT2D eigenvalue weighted by molar-refractivity contribution is 5.94. The van der Waals surface area contributed by atoms with E-state index in [9.17, 15) is 13.6 Å². The predicted octanol–water partition coefficient (Wildman–Crippen LogP) is 5.05. The highest BCUT2D eigenvalue weighted by Crippen LogP contribution is 2.32. The van der Waals surface area contributed by atoms with Crippen LogP contribution in [0.5, 0.6) is 0 Å². The van der Waals surface area contributed by atoms with Crippen molar-refractivity contribution in [2.45, 2.75) is 33.2 Å². The third kappa shape index (κ3) is 4.49. The van der Waals surface area contributed by atoms with Gasteiger partial charge in [0.05, 0.1) is 0 Å². The van der Waals surface area contributed by atoms with Gasteiger partial charge in [-0.25, -0.2) is 14.4 Å². The summed E-state index contributed by atoms with van der Waals surface area (Å²) in [6, 6.07) is 14.1. The summed E-state index contributed by atoms with van der Waals surface area (Å²) in [6.45, 7) is 4.19. The zero-order valence-corrected chi connectivity index (χ0v) is 19.5. The van der Waals surface area contributed by atoms with Gasteiger partial charge in [0.25, 0.3) is 5.91 Å². The molecule has 2 aromatic heterocycles. The number of carbonyl (C=O) groups is 1. The quantitative estimate of drug-likeness (QED) is 0.361. The summed E-state index contributed by atoms with van der Waals surface area (Å²) in [5.74, 6) is -1.19. The number of nitrogens with one attached hydrogen (secondary N) is 1. The van der Waals surface area contributed by atoms with E-state index in [4.69, 9.17) is 5.73 Å². The van der Waals surface area contributed by atoms with Crippen molar-refractivity contribution < 1.29 is 13.6 Å². The smallest absolute Gasteiger partial charge is 0.251 e. The van der Waals surface area contributed by atoms with Crippen LogP contribution in [0.3, 0.4) is 0 Å². The van der Waals surface area contributed by atoms with E-state index in [1.54, 1.807) is 6.07 Å². The van der Waals surface area contributed by atoms with Gasteiger partial charge in [-0.15, -0.1) is 0 Å². The van der Waals surface area contributed by atoms with E-state index in [2.05, 4.69) is 15.3 Å². The molecule has 0 radical (unpaired) electrons. The number of nitrogen functional groups attached to an aromatic ring is 1. The third-order valence-corrected chi connectivity index (χ3v) is 6.57. The maximum absolute atomic E-state index is 14.3. The Hall–Kier alpha value is -4.13. The Labute approximate surface area is 202 Å². The fourth-order valence-electron chi connectivity index (χ4n) is 4.69. The molecule has 1 amide bonds. The van der Waals surface area contributed by atoms with Gasteiger partial charge in [0.1, 0.15) is 11.6 Å². The van der Waals surface area contributed by atoms with E-state index in [1.807, 2.05) is 50.2 Å². The van der Waals surface area contributed by atoms with Gasteiger partial charge < -0.3 is 11.1 Å². The number of amides is 1. The van der Waals surface area contributed by atoms with E-state index in [0.717, 1.165) is 51.6 Å². The zero-order valence-electron chi connectivity index (χ0n) is 19.5. The summed E-state index contributed by atoms with van der Waals surface area (Å²) in [6.07, 6.45) is 2.56. The summed E-state index contributed by atoms with van der Waals surface area (Å²) in [5.41, 5.74) is 14.4. The van der Waals surface area contributed by atoms with E-state index >= 15 is 0 Å². The molecule has 7 heteroatoms. The molecule has 5 rings (SSSR count). The van der Waals surface area contributed by atoms with E-state index in [-0.39, 0.29) is 11.5 Å². The lowest BCUT2D eigenvalue weighted by atomic mass is 9.84. The topological polar surface area (TPSA) is 80.9 Å². The predicted molar refractivity (Wildman–Crippen MR) is 131 cm³/mol. The average Bonchev–Trinajstić information content (AvgIpc) is 2.81. The lowest BCUT2D eigenvalue weighted by Crippen LogP contribution is -2.24. The number of aromatic nitrogens is 2. The SMILES string of the molecule is Cc1cc(N)nc(C)c1CNC(=O)c1ccc2c(c1)Cc1cc(-c3cnc(F)cc3F)ccc1C2. The maximum atomic E-state index is 14.3. The lowest BCUT2D eigenvalue weighted by Gasteiger charge is -2.21. The number of nitrogens with two attached hydrogens (primary N) is 1. The first kappa shape index (κ1) is 22.7. The molecular formula is C28H24F2N4O. The molecule has 35 heavy (non-hydrogen) atoms. The standard InChI is InChI=1S/C28H24F2N4O/c1-15-7-27(31)34-16(2)23(15)13-33-28(35)20-6-4-18-8-17-3-5-19(9-21(17)11-22(18)10-20)24-14-32-26(30)12-25(24)29/h3-7,9-10,12,14H,8,11,13H2,1-2H3,(H2,31,34)(H,33,35). The second kappa shape index (κ2) is 8.91. The number of anilines is 1. The van der Waals surface area contributed by atoms with Crippen molar-refractivity contribution in [1.82, 2.24) is 15.3 Å². The second-order valence-corrected chi connectivity index (χ2v) is 8.92. The summed E-state index contributed by atoms with van der Waals surface area (Å²) < 4.78 is 27.5. The van der Waals surface area contributed by atoms with E-state index in [0.29, 0.717) is 29.9 Å². The van der Waals surface area contributed by atoms with Crippen LogP contribution in [-0.2, 0) is 19.4 Å². The number of nitrogens with zero attached hydrogens (tertiary/aromatic N) is 2. The van der Waals surface area contributed by atoms with Crippen LogP contribution in [0.1, 0.15) is 49.4 Å². The first-order chi connectivity index (χ1) is 16.8. The van der Waals surface area contributed by atoms with Crippen LogP contribution in [0, 0.1) is 25.6 Å². The van der Waals surface area contributed by atoms with Gasteiger partial charge in [-0.05, 0) is 83.8 Å². The number of pyridine rings is 2. The molecule has 0 aliphatic heterocycles. The van der Waals surface area contributed by atoms with E-state index < -0.39 is 11.8 Å². The zero-order chi connectivity index (χ0) is 24.7. The fourth-order valence-corrected chi connectivity index (χ4v) is 4.69. The molecule has 2 heterocycles. The highest BCUT2D eigenvalue weighted by atomic mass is 19.1. The highest BCUT2D eigenvalue weighted by Gasteiger charge is 2.19. The Morgan fingerprint density at radius 3 is 2.43 bits per heavy atom. The van der Waals surface area contributed by atoms with Gasteiger partial charge in [0.2, 0.25) is 5.95 Å². The van der Waals surface area contributed by atoms with Crippen molar-refractivity contribution in [3.63, 3.8) is 0 Å². The number of hydrogen-bond acceptors (Lipinski definition) is 4. The van der Waals surface area contributed by atoms with Crippen LogP contribution in [0.25, 0.3) is 11.1 Å². The van der Waals surface area contributed by atoms with Crippen molar-refractivity contribution in [1.29, 1.82) is 0 Å². The van der Waals surface area contributed by atoms with Crippen LogP contribution < -0.4 is 11.1 Å². The Balaban J connectivity index is 1.36. The Bertz CT molecular complexity index is 1460. The number of fused-ring (bicyclic) bond motifs is 2. The van der Waals surface area contributed by atoms with Crippen LogP contribution in [0.4, 0.5) is 14.6 Å². The van der Waals surface area contributed by atoms with Crippen LogP contribution >= 0.6 is 0 Å². The first-order valence-corrected chi connectivity index (χ1v) is 11.3. The van der Waals surface area contributed by atoms with Crippen molar-refractivity contribution in [2.75, 3.05) is 5.73 Å². The molecule has 3 N–H and O–H groups in total. The molecular weight excluding hydrogens is 446 g/mol. The first-order valence-electron chi connectivity index (χ1n) is 11.3. The molecule has 0 bridgehead atoms. The molecule has 4 aromatic rings. The molecule has 1 aliphatic carbocycles. The molecule has 0 unspecified atom stereocenters. The van der Waals surface area contributed by atoms with Crippen molar-refractivity contribution in [3.05, 3.63) is 111 Å². The summed E-state index contributed by atoms with van der Waals surface area (Å²) >= 11 is 0. The number of rotatable bonds is 4. The minimum atomic E-state index is -0.845. The second-order valence-electron chi connectivity index (χ2n) is 8.92. The number of halogens is 2. The van der Waals surface area contributed by atoms with Crippen molar-refractivity contribution in [3.8, 4) is 11.1 Å². The van der Waals surface area contributed by atoms with Gasteiger partial charge in [0, 0.05) is 35.6 Å². The van der Waals surface area contributed by atoms with Crippen LogP contribution in [0.15, 0.2) is 54.7 Å². The Morgan fingerprint density at radius 1 is 0.971 bits per heavy atom.